The van der Waals surface area contributed by atoms with Crippen molar-refractivity contribution in [2.75, 3.05) is 11.9 Å². The molecule has 0 aliphatic carbocycles. The number of hydrogen-bond acceptors (Lipinski definition) is 4. The SMILES string of the molecule is C=CCNc1nnc(C)c(C)c1C#N. The zero-order valence-corrected chi connectivity index (χ0v) is 8.33. The third kappa shape index (κ3) is 1.88. The first-order valence-electron chi connectivity index (χ1n) is 4.29. The minimum atomic E-state index is 0.524. The van der Waals surface area contributed by atoms with E-state index in [9.17, 15) is 0 Å². The Balaban J connectivity index is 3.12. The first-order chi connectivity index (χ1) is 6.70. The lowest BCUT2D eigenvalue weighted by atomic mass is 10.1. The second-order valence-electron chi connectivity index (χ2n) is 2.92. The number of nitriles is 1. The number of aromatic nitrogens is 2. The average Bonchev–Trinajstić information content (AvgIpc) is 2.20. The molecule has 0 atom stereocenters. The first-order valence-corrected chi connectivity index (χ1v) is 4.29. The van der Waals surface area contributed by atoms with E-state index in [1.54, 1.807) is 6.08 Å². The number of aryl methyl sites for hydroxylation is 1. The Labute approximate surface area is 83.3 Å². The zero-order valence-electron chi connectivity index (χ0n) is 8.33. The lowest BCUT2D eigenvalue weighted by Gasteiger charge is -2.07. The van der Waals surface area contributed by atoms with Crippen LogP contribution in [0.4, 0.5) is 5.82 Å². The third-order valence-electron chi connectivity index (χ3n) is 1.98. The Morgan fingerprint density at radius 3 is 2.79 bits per heavy atom. The summed E-state index contributed by atoms with van der Waals surface area (Å²) in [5.41, 5.74) is 2.21. The summed E-state index contributed by atoms with van der Waals surface area (Å²) in [4.78, 5) is 0. The zero-order chi connectivity index (χ0) is 10.6. The second-order valence-corrected chi connectivity index (χ2v) is 2.92. The summed E-state index contributed by atoms with van der Waals surface area (Å²) in [6.45, 7) is 7.85. The van der Waals surface area contributed by atoms with Crippen molar-refractivity contribution in [3.05, 3.63) is 29.5 Å². The molecule has 0 aliphatic rings. The van der Waals surface area contributed by atoms with E-state index >= 15 is 0 Å². The molecule has 0 spiro atoms. The van der Waals surface area contributed by atoms with Crippen molar-refractivity contribution in [2.45, 2.75) is 13.8 Å². The van der Waals surface area contributed by atoms with Crippen molar-refractivity contribution < 1.29 is 0 Å². The molecule has 0 unspecified atom stereocenters. The fourth-order valence-electron chi connectivity index (χ4n) is 1.04. The molecule has 4 nitrogen and oxygen atoms in total. The Hall–Kier alpha value is -1.89. The van der Waals surface area contributed by atoms with Crippen LogP contribution in [0.2, 0.25) is 0 Å². The summed E-state index contributed by atoms with van der Waals surface area (Å²) in [6, 6.07) is 2.11. The van der Waals surface area contributed by atoms with Crippen LogP contribution in [-0.2, 0) is 0 Å². The number of hydrogen-bond donors (Lipinski definition) is 1. The van der Waals surface area contributed by atoms with Gasteiger partial charge in [0.2, 0.25) is 0 Å². The summed E-state index contributed by atoms with van der Waals surface area (Å²) in [5.74, 6) is 0.524. The molecule has 14 heavy (non-hydrogen) atoms. The average molecular weight is 188 g/mol. The lowest BCUT2D eigenvalue weighted by molar-refractivity contribution is 0.952. The van der Waals surface area contributed by atoms with Crippen LogP contribution in [0.1, 0.15) is 16.8 Å². The Morgan fingerprint density at radius 2 is 2.21 bits per heavy atom. The number of rotatable bonds is 3. The topological polar surface area (TPSA) is 61.6 Å². The maximum absolute atomic E-state index is 8.94. The predicted octanol–water partition coefficient (Wildman–Crippen LogP) is 1.56. The van der Waals surface area contributed by atoms with E-state index in [2.05, 4.69) is 28.2 Å². The molecule has 1 N–H and O–H groups in total. The van der Waals surface area contributed by atoms with Crippen LogP contribution in [0.15, 0.2) is 12.7 Å². The van der Waals surface area contributed by atoms with Crippen LogP contribution >= 0.6 is 0 Å². The van der Waals surface area contributed by atoms with Gasteiger partial charge in [-0.05, 0) is 19.4 Å². The van der Waals surface area contributed by atoms with E-state index in [0.717, 1.165) is 11.3 Å². The summed E-state index contributed by atoms with van der Waals surface area (Å²) < 4.78 is 0. The van der Waals surface area contributed by atoms with Gasteiger partial charge in [-0.1, -0.05) is 6.08 Å². The largest absolute Gasteiger partial charge is 0.364 e. The highest BCUT2D eigenvalue weighted by Gasteiger charge is 2.09. The quantitative estimate of drug-likeness (QED) is 0.731. The van der Waals surface area contributed by atoms with Crippen LogP contribution in [0.25, 0.3) is 0 Å². The van der Waals surface area contributed by atoms with Crippen LogP contribution in [0.3, 0.4) is 0 Å². The van der Waals surface area contributed by atoms with Gasteiger partial charge in [0.1, 0.15) is 11.6 Å². The maximum Gasteiger partial charge on any atom is 0.167 e. The molecule has 0 radical (unpaired) electrons. The monoisotopic (exact) mass is 188 g/mol. The van der Waals surface area contributed by atoms with Gasteiger partial charge in [0, 0.05) is 6.54 Å². The molecule has 0 aliphatic heterocycles. The molecule has 0 amide bonds. The lowest BCUT2D eigenvalue weighted by Crippen LogP contribution is -2.07. The summed E-state index contributed by atoms with van der Waals surface area (Å²) >= 11 is 0. The van der Waals surface area contributed by atoms with Gasteiger partial charge in [-0.2, -0.15) is 10.4 Å². The van der Waals surface area contributed by atoms with Gasteiger partial charge in [0.15, 0.2) is 5.82 Å². The van der Waals surface area contributed by atoms with Gasteiger partial charge < -0.3 is 5.32 Å². The number of nitrogens with one attached hydrogen (secondary N) is 1. The minimum absolute atomic E-state index is 0.524. The Kier molecular flexibility index (Phi) is 3.19. The number of anilines is 1. The molecule has 4 heteroatoms. The molecule has 0 fully saturated rings. The van der Waals surface area contributed by atoms with Gasteiger partial charge >= 0.3 is 0 Å². The normalized spacial score (nSPS) is 9.21. The molecule has 1 rings (SSSR count). The summed E-state index contributed by atoms with van der Waals surface area (Å²) in [7, 11) is 0. The van der Waals surface area contributed by atoms with Crippen molar-refractivity contribution in [3.8, 4) is 6.07 Å². The van der Waals surface area contributed by atoms with Gasteiger partial charge in [-0.15, -0.1) is 11.7 Å². The van der Waals surface area contributed by atoms with E-state index in [4.69, 9.17) is 5.26 Å². The molecule has 72 valence electrons. The smallest absolute Gasteiger partial charge is 0.167 e. The molecule has 0 saturated carbocycles. The summed E-state index contributed by atoms with van der Waals surface area (Å²) in [6.07, 6.45) is 1.71. The standard InChI is InChI=1S/C10H12N4/c1-4-5-12-10-9(6-11)7(2)8(3)13-14-10/h4H,1,5H2,2-3H3,(H,12,14). The van der Waals surface area contributed by atoms with E-state index in [-0.39, 0.29) is 0 Å². The van der Waals surface area contributed by atoms with Crippen molar-refractivity contribution in [3.63, 3.8) is 0 Å². The molecular formula is C10H12N4. The Morgan fingerprint density at radius 1 is 1.50 bits per heavy atom. The van der Waals surface area contributed by atoms with E-state index in [1.807, 2.05) is 13.8 Å². The minimum Gasteiger partial charge on any atom is -0.364 e. The van der Waals surface area contributed by atoms with Gasteiger partial charge in [0.05, 0.1) is 5.69 Å². The van der Waals surface area contributed by atoms with Crippen LogP contribution in [-0.4, -0.2) is 16.7 Å². The van der Waals surface area contributed by atoms with Crippen molar-refractivity contribution in [1.29, 1.82) is 5.26 Å². The van der Waals surface area contributed by atoms with Gasteiger partial charge in [-0.25, -0.2) is 0 Å². The molecule has 1 heterocycles. The third-order valence-corrected chi connectivity index (χ3v) is 1.98. The highest BCUT2D eigenvalue weighted by molar-refractivity contribution is 5.55. The van der Waals surface area contributed by atoms with E-state index in [0.29, 0.717) is 17.9 Å². The highest BCUT2D eigenvalue weighted by Crippen LogP contribution is 2.16. The molecule has 0 saturated heterocycles. The van der Waals surface area contributed by atoms with E-state index in [1.165, 1.54) is 0 Å². The second kappa shape index (κ2) is 4.38. The molecule has 1 aromatic heterocycles. The fraction of sp³-hybridized carbons (Fsp3) is 0.300. The van der Waals surface area contributed by atoms with E-state index < -0.39 is 0 Å². The van der Waals surface area contributed by atoms with Crippen LogP contribution < -0.4 is 5.32 Å². The van der Waals surface area contributed by atoms with Crippen molar-refractivity contribution in [2.24, 2.45) is 0 Å². The maximum atomic E-state index is 8.94. The molecule has 0 bridgehead atoms. The fourth-order valence-corrected chi connectivity index (χ4v) is 1.04. The van der Waals surface area contributed by atoms with Crippen molar-refractivity contribution in [1.82, 2.24) is 10.2 Å². The van der Waals surface area contributed by atoms with Gasteiger partial charge in [0.25, 0.3) is 0 Å². The molecule has 1 aromatic rings. The summed E-state index contributed by atoms with van der Waals surface area (Å²) in [5, 5.41) is 19.8. The first kappa shape index (κ1) is 10.2. The van der Waals surface area contributed by atoms with Crippen LogP contribution in [0, 0.1) is 25.2 Å². The van der Waals surface area contributed by atoms with Crippen LogP contribution in [0.5, 0.6) is 0 Å². The molecular weight excluding hydrogens is 176 g/mol. The molecule has 0 aromatic carbocycles. The predicted molar refractivity (Wildman–Crippen MR) is 54.9 cm³/mol. The Bertz CT molecular complexity index is 390. The number of nitrogens with zero attached hydrogens (tertiary/aromatic N) is 3. The van der Waals surface area contributed by atoms with Crippen molar-refractivity contribution >= 4 is 5.82 Å². The van der Waals surface area contributed by atoms with Gasteiger partial charge in [-0.3, -0.25) is 0 Å². The highest BCUT2D eigenvalue weighted by atomic mass is 15.2.